The second kappa shape index (κ2) is 9.22. The molecule has 1 atom stereocenters. The summed E-state index contributed by atoms with van der Waals surface area (Å²) in [5, 5.41) is 0. The Labute approximate surface area is 176 Å². The van der Waals surface area contributed by atoms with Crippen molar-refractivity contribution >= 4 is 5.78 Å². The molecule has 0 N–H and O–H groups in total. The molecule has 6 heteroatoms. The first-order valence-corrected chi connectivity index (χ1v) is 10.5. The summed E-state index contributed by atoms with van der Waals surface area (Å²) in [4.78, 5) is 24.0. The fraction of sp³-hybridized carbons (Fsp3) is 0.375. The molecule has 0 spiro atoms. The number of hydrogen-bond acceptors (Lipinski definition) is 6. The number of aromatic nitrogens is 2. The number of carbonyl (C=O) groups is 1. The molecule has 156 valence electrons. The SMILES string of the molecule is CCOc1ccccc1-c1nc(CN2CCCC(C(=O)c3cccnc3)C2)c(C)o1. The number of carbonyl (C=O) groups excluding carboxylic acids is 1. The maximum atomic E-state index is 12.8. The number of rotatable bonds is 7. The van der Waals surface area contributed by atoms with Gasteiger partial charge in [-0.1, -0.05) is 12.1 Å². The van der Waals surface area contributed by atoms with Crippen molar-refractivity contribution in [2.75, 3.05) is 19.7 Å². The highest BCUT2D eigenvalue weighted by Gasteiger charge is 2.28. The van der Waals surface area contributed by atoms with Gasteiger partial charge in [0.05, 0.1) is 17.9 Å². The highest BCUT2D eigenvalue weighted by molar-refractivity contribution is 5.97. The number of para-hydroxylation sites is 1. The van der Waals surface area contributed by atoms with Gasteiger partial charge in [0.25, 0.3) is 0 Å². The molecule has 3 heterocycles. The summed E-state index contributed by atoms with van der Waals surface area (Å²) in [6.07, 6.45) is 5.26. The van der Waals surface area contributed by atoms with Crippen LogP contribution >= 0.6 is 0 Å². The Morgan fingerprint density at radius 2 is 2.13 bits per heavy atom. The van der Waals surface area contributed by atoms with Crippen LogP contribution < -0.4 is 4.74 Å². The van der Waals surface area contributed by atoms with Gasteiger partial charge in [-0.3, -0.25) is 14.7 Å². The van der Waals surface area contributed by atoms with Gasteiger partial charge >= 0.3 is 0 Å². The fourth-order valence-electron chi connectivity index (χ4n) is 3.98. The second-order valence-corrected chi connectivity index (χ2v) is 7.63. The third kappa shape index (κ3) is 4.44. The number of nitrogens with zero attached hydrogens (tertiary/aromatic N) is 3. The van der Waals surface area contributed by atoms with Crippen molar-refractivity contribution in [2.45, 2.75) is 33.2 Å². The first-order chi connectivity index (χ1) is 14.7. The summed E-state index contributed by atoms with van der Waals surface area (Å²) in [7, 11) is 0. The number of piperidine rings is 1. The van der Waals surface area contributed by atoms with Crippen molar-refractivity contribution in [1.82, 2.24) is 14.9 Å². The summed E-state index contributed by atoms with van der Waals surface area (Å²) in [6, 6.07) is 11.4. The minimum atomic E-state index is -0.00620. The quantitative estimate of drug-likeness (QED) is 0.538. The molecule has 1 saturated heterocycles. The number of oxazole rings is 1. The minimum Gasteiger partial charge on any atom is -0.493 e. The summed E-state index contributed by atoms with van der Waals surface area (Å²) >= 11 is 0. The molecule has 1 fully saturated rings. The van der Waals surface area contributed by atoms with Crippen LogP contribution in [0, 0.1) is 12.8 Å². The molecule has 2 aromatic heterocycles. The Balaban J connectivity index is 1.48. The van der Waals surface area contributed by atoms with Gasteiger partial charge in [-0.15, -0.1) is 0 Å². The number of aryl methyl sites for hydroxylation is 1. The van der Waals surface area contributed by atoms with Gasteiger partial charge in [0.1, 0.15) is 11.5 Å². The predicted molar refractivity (Wildman–Crippen MR) is 114 cm³/mol. The summed E-state index contributed by atoms with van der Waals surface area (Å²) in [5.74, 6) is 2.32. The van der Waals surface area contributed by atoms with Crippen LogP contribution in [0.2, 0.25) is 0 Å². The van der Waals surface area contributed by atoms with Crippen LogP contribution in [-0.4, -0.2) is 40.3 Å². The van der Waals surface area contributed by atoms with E-state index in [0.29, 0.717) is 24.6 Å². The Morgan fingerprint density at radius 3 is 2.93 bits per heavy atom. The molecule has 0 bridgehead atoms. The zero-order chi connectivity index (χ0) is 20.9. The molecule has 6 nitrogen and oxygen atoms in total. The Morgan fingerprint density at radius 1 is 1.27 bits per heavy atom. The lowest BCUT2D eigenvalue weighted by atomic mass is 9.90. The maximum Gasteiger partial charge on any atom is 0.230 e. The zero-order valence-electron chi connectivity index (χ0n) is 17.5. The van der Waals surface area contributed by atoms with Crippen molar-refractivity contribution in [2.24, 2.45) is 5.92 Å². The summed E-state index contributed by atoms with van der Waals surface area (Å²) < 4.78 is 11.7. The third-order valence-corrected chi connectivity index (χ3v) is 5.51. The molecule has 1 aliphatic heterocycles. The van der Waals surface area contributed by atoms with Crippen LogP contribution in [-0.2, 0) is 6.54 Å². The highest BCUT2D eigenvalue weighted by atomic mass is 16.5. The van der Waals surface area contributed by atoms with Gasteiger partial charge in [0.2, 0.25) is 5.89 Å². The van der Waals surface area contributed by atoms with Gasteiger partial charge in [-0.2, -0.15) is 0 Å². The number of hydrogen-bond donors (Lipinski definition) is 0. The number of pyridine rings is 1. The molecule has 3 aromatic rings. The molecule has 0 amide bonds. The van der Waals surface area contributed by atoms with Crippen LogP contribution in [0.3, 0.4) is 0 Å². The monoisotopic (exact) mass is 405 g/mol. The molecule has 30 heavy (non-hydrogen) atoms. The Bertz CT molecular complexity index is 1000. The van der Waals surface area contributed by atoms with E-state index in [1.54, 1.807) is 12.4 Å². The van der Waals surface area contributed by atoms with Crippen molar-refractivity contribution in [3.05, 3.63) is 65.8 Å². The fourth-order valence-corrected chi connectivity index (χ4v) is 3.98. The van der Waals surface area contributed by atoms with E-state index in [-0.39, 0.29) is 11.7 Å². The van der Waals surface area contributed by atoms with Crippen LogP contribution in [0.4, 0.5) is 0 Å². The average Bonchev–Trinajstić information content (AvgIpc) is 3.14. The topological polar surface area (TPSA) is 68.5 Å². The van der Waals surface area contributed by atoms with Gasteiger partial charge in [0.15, 0.2) is 5.78 Å². The van der Waals surface area contributed by atoms with Crippen LogP contribution in [0.1, 0.15) is 41.6 Å². The smallest absolute Gasteiger partial charge is 0.230 e. The van der Waals surface area contributed by atoms with Crippen LogP contribution in [0.15, 0.2) is 53.2 Å². The Kier molecular flexibility index (Phi) is 6.23. The zero-order valence-corrected chi connectivity index (χ0v) is 17.5. The van der Waals surface area contributed by atoms with Crippen molar-refractivity contribution in [3.63, 3.8) is 0 Å². The average molecular weight is 405 g/mol. The van der Waals surface area contributed by atoms with Crippen LogP contribution in [0.25, 0.3) is 11.5 Å². The molecule has 1 aromatic carbocycles. The normalized spacial score (nSPS) is 17.1. The lowest BCUT2D eigenvalue weighted by Gasteiger charge is -2.31. The lowest BCUT2D eigenvalue weighted by Crippen LogP contribution is -2.38. The van der Waals surface area contributed by atoms with Crippen LogP contribution in [0.5, 0.6) is 5.75 Å². The van der Waals surface area contributed by atoms with E-state index in [4.69, 9.17) is 14.1 Å². The molecule has 0 radical (unpaired) electrons. The van der Waals surface area contributed by atoms with Crippen molar-refractivity contribution in [3.8, 4) is 17.2 Å². The van der Waals surface area contributed by atoms with E-state index in [9.17, 15) is 4.79 Å². The number of likely N-dealkylation sites (tertiary alicyclic amines) is 1. The van der Waals surface area contributed by atoms with Gasteiger partial charge < -0.3 is 9.15 Å². The largest absolute Gasteiger partial charge is 0.493 e. The van der Waals surface area contributed by atoms with Gasteiger partial charge in [0, 0.05) is 37.0 Å². The number of ether oxygens (including phenoxy) is 1. The van der Waals surface area contributed by atoms with Gasteiger partial charge in [-0.25, -0.2) is 4.98 Å². The van der Waals surface area contributed by atoms with Gasteiger partial charge in [-0.05, 0) is 57.5 Å². The van der Waals surface area contributed by atoms with E-state index in [1.165, 1.54) is 0 Å². The van der Waals surface area contributed by atoms with Crippen molar-refractivity contribution < 1.29 is 13.9 Å². The first-order valence-electron chi connectivity index (χ1n) is 10.5. The third-order valence-electron chi connectivity index (χ3n) is 5.51. The molecule has 1 unspecified atom stereocenters. The number of Topliss-reactive ketones (excluding diaryl/α,β-unsaturated/α-hetero) is 1. The van der Waals surface area contributed by atoms with E-state index in [2.05, 4.69) is 9.88 Å². The van der Waals surface area contributed by atoms with E-state index >= 15 is 0 Å². The standard InChI is InChI=1S/C24H27N3O3/c1-3-29-22-11-5-4-10-20(22)24-26-21(17(2)30-24)16-27-13-7-9-19(15-27)23(28)18-8-6-12-25-14-18/h4-6,8,10-12,14,19H,3,7,9,13,15-16H2,1-2H3. The minimum absolute atomic E-state index is 0.00620. The van der Waals surface area contributed by atoms with E-state index in [0.717, 1.165) is 48.7 Å². The van der Waals surface area contributed by atoms with E-state index in [1.807, 2.05) is 50.2 Å². The lowest BCUT2D eigenvalue weighted by molar-refractivity contribution is 0.0809. The highest BCUT2D eigenvalue weighted by Crippen LogP contribution is 2.31. The molecule has 1 aliphatic rings. The first kappa shape index (κ1) is 20.3. The van der Waals surface area contributed by atoms with E-state index < -0.39 is 0 Å². The molecule has 0 aliphatic carbocycles. The summed E-state index contributed by atoms with van der Waals surface area (Å²) in [6.45, 7) is 6.84. The number of ketones is 1. The predicted octanol–water partition coefficient (Wildman–Crippen LogP) is 4.54. The molecular weight excluding hydrogens is 378 g/mol. The summed E-state index contributed by atoms with van der Waals surface area (Å²) in [5.41, 5.74) is 2.46. The Hall–Kier alpha value is -2.99. The number of benzene rings is 1. The molecule has 4 rings (SSSR count). The molecular formula is C24H27N3O3. The second-order valence-electron chi connectivity index (χ2n) is 7.63. The maximum absolute atomic E-state index is 12.8. The van der Waals surface area contributed by atoms with Crippen molar-refractivity contribution in [1.29, 1.82) is 0 Å². The molecule has 0 saturated carbocycles.